The second kappa shape index (κ2) is 7.63. The Kier molecular flexibility index (Phi) is 5.23. The topological polar surface area (TPSA) is 24.8 Å². The molecule has 3 nitrogen and oxygen atoms in total. The van der Waals surface area contributed by atoms with Gasteiger partial charge < -0.3 is 4.84 Å². The van der Waals surface area contributed by atoms with Crippen molar-refractivity contribution >= 4 is 5.71 Å². The summed E-state index contributed by atoms with van der Waals surface area (Å²) in [6.45, 7) is 10.5. The summed E-state index contributed by atoms with van der Waals surface area (Å²) in [6, 6.07) is 9.85. The van der Waals surface area contributed by atoms with Crippen LogP contribution in [-0.4, -0.2) is 35.8 Å². The van der Waals surface area contributed by atoms with Gasteiger partial charge >= 0.3 is 0 Å². The molecular formula is C24H32N2O. The quantitative estimate of drug-likeness (QED) is 0.524. The van der Waals surface area contributed by atoms with E-state index in [0.717, 1.165) is 18.2 Å². The molecule has 1 fully saturated rings. The van der Waals surface area contributed by atoms with Crippen molar-refractivity contribution in [3.05, 3.63) is 59.7 Å². The van der Waals surface area contributed by atoms with Gasteiger partial charge in [-0.25, -0.2) is 0 Å². The third-order valence-electron chi connectivity index (χ3n) is 6.39. The van der Waals surface area contributed by atoms with Crippen LogP contribution in [0.5, 0.6) is 0 Å². The number of benzene rings is 1. The van der Waals surface area contributed by atoms with Crippen LogP contribution in [0.3, 0.4) is 0 Å². The number of nitrogens with zero attached hydrogens (tertiary/aromatic N) is 2. The van der Waals surface area contributed by atoms with Crippen molar-refractivity contribution in [2.24, 2.45) is 22.9 Å². The largest absolute Gasteiger partial charge is 0.394 e. The summed E-state index contributed by atoms with van der Waals surface area (Å²) in [7, 11) is 0. The molecule has 3 aliphatic rings. The monoisotopic (exact) mass is 364 g/mol. The molecule has 4 rings (SSSR count). The summed E-state index contributed by atoms with van der Waals surface area (Å²) in [6.07, 6.45) is 10.4. The fourth-order valence-electron chi connectivity index (χ4n) is 5.02. The Morgan fingerprint density at radius 2 is 1.81 bits per heavy atom. The van der Waals surface area contributed by atoms with Crippen LogP contribution in [0.1, 0.15) is 51.2 Å². The summed E-state index contributed by atoms with van der Waals surface area (Å²) in [5, 5.41) is 4.72. The zero-order valence-corrected chi connectivity index (χ0v) is 17.0. The van der Waals surface area contributed by atoms with E-state index in [2.05, 4.69) is 81.2 Å². The van der Waals surface area contributed by atoms with E-state index in [4.69, 9.17) is 9.99 Å². The smallest absolute Gasteiger partial charge is 0.129 e. The van der Waals surface area contributed by atoms with Crippen LogP contribution >= 0.6 is 0 Å². The van der Waals surface area contributed by atoms with Gasteiger partial charge in [-0.05, 0) is 57.4 Å². The van der Waals surface area contributed by atoms with Crippen molar-refractivity contribution in [3.8, 4) is 0 Å². The van der Waals surface area contributed by atoms with E-state index in [1.54, 1.807) is 0 Å². The highest BCUT2D eigenvalue weighted by molar-refractivity contribution is 6.05. The normalized spacial score (nSPS) is 29.7. The lowest BCUT2D eigenvalue weighted by Gasteiger charge is -2.30. The van der Waals surface area contributed by atoms with Crippen molar-refractivity contribution < 1.29 is 4.84 Å². The molecule has 0 N–H and O–H groups in total. The van der Waals surface area contributed by atoms with Gasteiger partial charge in [0.1, 0.15) is 6.61 Å². The molecule has 0 aliphatic heterocycles. The summed E-state index contributed by atoms with van der Waals surface area (Å²) < 4.78 is 0. The maximum atomic E-state index is 5.90. The average molecular weight is 365 g/mol. The molecule has 1 saturated carbocycles. The number of oxime groups is 1. The van der Waals surface area contributed by atoms with Crippen molar-refractivity contribution in [1.29, 1.82) is 0 Å². The Morgan fingerprint density at radius 3 is 2.59 bits per heavy atom. The Hall–Kier alpha value is -1.87. The number of hydrogen-bond donors (Lipinski definition) is 0. The summed E-state index contributed by atoms with van der Waals surface area (Å²) >= 11 is 0. The second-order valence-electron chi connectivity index (χ2n) is 8.70. The third-order valence-corrected chi connectivity index (χ3v) is 6.39. The van der Waals surface area contributed by atoms with Gasteiger partial charge in [0.15, 0.2) is 0 Å². The number of rotatable bonds is 6. The summed E-state index contributed by atoms with van der Waals surface area (Å²) in [5.41, 5.74) is 3.87. The number of hydrogen-bond acceptors (Lipinski definition) is 3. The maximum absolute atomic E-state index is 5.90. The highest BCUT2D eigenvalue weighted by Crippen LogP contribution is 2.58. The van der Waals surface area contributed by atoms with Gasteiger partial charge in [0, 0.05) is 30.1 Å². The van der Waals surface area contributed by atoms with Crippen LogP contribution in [0.2, 0.25) is 0 Å². The molecule has 0 bridgehead atoms. The van der Waals surface area contributed by atoms with Crippen molar-refractivity contribution in [2.75, 3.05) is 13.2 Å². The zero-order chi connectivity index (χ0) is 19.0. The summed E-state index contributed by atoms with van der Waals surface area (Å²) in [5.74, 6) is 2.33. The Labute approximate surface area is 163 Å². The molecule has 1 aromatic rings. The summed E-state index contributed by atoms with van der Waals surface area (Å²) in [4.78, 5) is 8.35. The molecule has 144 valence electrons. The molecule has 0 amide bonds. The van der Waals surface area contributed by atoms with Crippen LogP contribution < -0.4 is 0 Å². The fraction of sp³-hybridized carbons (Fsp3) is 0.542. The first kappa shape index (κ1) is 18.5. The molecule has 3 aliphatic carbocycles. The molecule has 0 radical (unpaired) electrons. The first-order valence-electron chi connectivity index (χ1n) is 10.5. The molecule has 3 heteroatoms. The molecule has 0 saturated heterocycles. The lowest BCUT2D eigenvalue weighted by molar-refractivity contribution is 0.0821. The lowest BCUT2D eigenvalue weighted by atomic mass is 9.81. The molecule has 27 heavy (non-hydrogen) atoms. The molecular weight excluding hydrogens is 332 g/mol. The fourth-order valence-corrected chi connectivity index (χ4v) is 5.02. The van der Waals surface area contributed by atoms with Gasteiger partial charge in [0.2, 0.25) is 0 Å². The predicted octanol–water partition coefficient (Wildman–Crippen LogP) is 5.00. The van der Waals surface area contributed by atoms with Gasteiger partial charge in [-0.3, -0.25) is 4.90 Å². The van der Waals surface area contributed by atoms with Crippen molar-refractivity contribution in [1.82, 2.24) is 4.90 Å². The van der Waals surface area contributed by atoms with E-state index in [-0.39, 0.29) is 0 Å². The highest BCUT2D eigenvalue weighted by Gasteiger charge is 2.50. The average Bonchev–Trinajstić information content (AvgIpc) is 3.45. The first-order valence-corrected chi connectivity index (χ1v) is 10.5. The molecule has 0 heterocycles. The standard InChI is InChI=1S/C24H32N2O/c1-16(2)26(17(3)4)13-14-27-25-24-20-11-7-5-9-18(20)22-15-23(22)19-10-6-8-12-21(19)24/h5-12,16-18,20,22-23H,13-15H2,1-4H3. The van der Waals surface area contributed by atoms with E-state index in [0.29, 0.717) is 36.4 Å². The molecule has 4 atom stereocenters. The minimum Gasteiger partial charge on any atom is -0.394 e. The SMILES string of the molecule is CC(C)N(CCON=C1c2ccccc2C2CC2C2C=CC=CC12)C(C)C. The molecule has 4 unspecified atom stereocenters. The van der Waals surface area contributed by atoms with Crippen molar-refractivity contribution in [2.45, 2.75) is 52.1 Å². The van der Waals surface area contributed by atoms with Crippen LogP contribution in [0.25, 0.3) is 0 Å². The van der Waals surface area contributed by atoms with Gasteiger partial charge in [-0.2, -0.15) is 0 Å². The van der Waals surface area contributed by atoms with Crippen LogP contribution in [0.4, 0.5) is 0 Å². The van der Waals surface area contributed by atoms with E-state index in [9.17, 15) is 0 Å². The van der Waals surface area contributed by atoms with Gasteiger partial charge in [0.25, 0.3) is 0 Å². The van der Waals surface area contributed by atoms with Gasteiger partial charge in [-0.15, -0.1) is 0 Å². The minimum atomic E-state index is 0.333. The van der Waals surface area contributed by atoms with Gasteiger partial charge in [0.05, 0.1) is 5.71 Å². The van der Waals surface area contributed by atoms with E-state index < -0.39 is 0 Å². The van der Waals surface area contributed by atoms with E-state index in [1.807, 2.05) is 0 Å². The first-order chi connectivity index (χ1) is 13.1. The van der Waals surface area contributed by atoms with Crippen LogP contribution in [0, 0.1) is 17.8 Å². The van der Waals surface area contributed by atoms with E-state index in [1.165, 1.54) is 17.5 Å². The Morgan fingerprint density at radius 1 is 1.07 bits per heavy atom. The highest BCUT2D eigenvalue weighted by atomic mass is 16.6. The van der Waals surface area contributed by atoms with Crippen LogP contribution in [0.15, 0.2) is 53.7 Å². The molecule has 0 spiro atoms. The van der Waals surface area contributed by atoms with Crippen molar-refractivity contribution in [3.63, 3.8) is 0 Å². The second-order valence-corrected chi connectivity index (χ2v) is 8.70. The van der Waals surface area contributed by atoms with Crippen LogP contribution in [-0.2, 0) is 4.84 Å². The number of allylic oxidation sites excluding steroid dienone is 4. The molecule has 0 aromatic heterocycles. The van der Waals surface area contributed by atoms with Gasteiger partial charge in [-0.1, -0.05) is 53.7 Å². The van der Waals surface area contributed by atoms with E-state index >= 15 is 0 Å². The minimum absolute atomic E-state index is 0.333. The maximum Gasteiger partial charge on any atom is 0.129 e. The third kappa shape index (κ3) is 3.62. The predicted molar refractivity (Wildman–Crippen MR) is 112 cm³/mol. The zero-order valence-electron chi connectivity index (χ0n) is 17.0. The lowest BCUT2D eigenvalue weighted by Crippen LogP contribution is -2.39. The Bertz CT molecular complexity index is 753. The number of fused-ring (bicyclic) bond motifs is 5. The Balaban J connectivity index is 1.56. The molecule has 1 aromatic carbocycles.